The molecule has 1 saturated heterocycles. The average Bonchev–Trinajstić information content (AvgIpc) is 2.12. The van der Waals surface area contributed by atoms with E-state index in [1.54, 1.807) is 0 Å². The predicted molar refractivity (Wildman–Crippen MR) is 67.1 cm³/mol. The van der Waals surface area contributed by atoms with Crippen molar-refractivity contribution in [2.45, 2.75) is 31.4 Å². The Morgan fingerprint density at radius 3 is 2.87 bits per heavy atom. The number of hydrogen-bond donors (Lipinski definition) is 1. The molecule has 0 radical (unpaired) electrons. The Morgan fingerprint density at radius 2 is 2.27 bits per heavy atom. The quantitative estimate of drug-likeness (QED) is 0.762. The van der Waals surface area contributed by atoms with Gasteiger partial charge in [0.1, 0.15) is 0 Å². The predicted octanol–water partition coefficient (Wildman–Crippen LogP) is 2.10. The van der Waals surface area contributed by atoms with Crippen LogP contribution in [0, 0.1) is 0 Å². The zero-order valence-electron chi connectivity index (χ0n) is 9.15. The minimum absolute atomic E-state index is 0. The minimum atomic E-state index is -0.674. The summed E-state index contributed by atoms with van der Waals surface area (Å²) >= 11 is 2.03. The third-order valence-electron chi connectivity index (χ3n) is 2.44. The highest BCUT2D eigenvalue weighted by atomic mass is 35.5. The standard InChI is InChI=1S/C10H19NO2S.ClH/c1-9-8-11(6-7-14-9)5-3-2-4-10(12)13;/h9H,2-8H2,1H3,(H,12,13);1H. The summed E-state index contributed by atoms with van der Waals surface area (Å²) in [6.07, 6.45) is 2.15. The first-order chi connectivity index (χ1) is 6.68. The van der Waals surface area contributed by atoms with E-state index in [-0.39, 0.29) is 12.4 Å². The molecule has 1 unspecified atom stereocenters. The molecule has 1 fully saturated rings. The Hall–Kier alpha value is 0.0700. The molecule has 5 heteroatoms. The van der Waals surface area contributed by atoms with Gasteiger partial charge in [0.2, 0.25) is 0 Å². The van der Waals surface area contributed by atoms with Crippen LogP contribution >= 0.6 is 24.2 Å². The topological polar surface area (TPSA) is 40.5 Å². The second kappa shape index (κ2) is 8.25. The third kappa shape index (κ3) is 7.03. The van der Waals surface area contributed by atoms with Crippen LogP contribution in [0.15, 0.2) is 0 Å². The van der Waals surface area contributed by atoms with Crippen molar-refractivity contribution in [3.8, 4) is 0 Å². The molecule has 0 aromatic rings. The number of rotatable bonds is 5. The molecule has 0 spiro atoms. The van der Waals surface area contributed by atoms with Crippen molar-refractivity contribution in [1.82, 2.24) is 4.90 Å². The molecule has 1 N–H and O–H groups in total. The van der Waals surface area contributed by atoms with E-state index in [4.69, 9.17) is 5.11 Å². The van der Waals surface area contributed by atoms with Gasteiger partial charge in [-0.2, -0.15) is 11.8 Å². The second-order valence-corrected chi connectivity index (χ2v) is 5.38. The van der Waals surface area contributed by atoms with E-state index in [2.05, 4.69) is 11.8 Å². The number of carboxylic acids is 1. The summed E-state index contributed by atoms with van der Waals surface area (Å²) in [4.78, 5) is 12.7. The summed E-state index contributed by atoms with van der Waals surface area (Å²) < 4.78 is 0. The van der Waals surface area contributed by atoms with Gasteiger partial charge in [-0.25, -0.2) is 0 Å². The van der Waals surface area contributed by atoms with Crippen LogP contribution in [0.3, 0.4) is 0 Å². The Bertz CT molecular complexity index is 192. The molecule has 0 amide bonds. The maximum atomic E-state index is 10.3. The zero-order chi connectivity index (χ0) is 10.4. The van der Waals surface area contributed by atoms with Crippen LogP contribution in [0.1, 0.15) is 26.2 Å². The maximum Gasteiger partial charge on any atom is 0.303 e. The monoisotopic (exact) mass is 253 g/mol. The molecule has 0 saturated carbocycles. The van der Waals surface area contributed by atoms with Crippen LogP contribution < -0.4 is 0 Å². The van der Waals surface area contributed by atoms with Crippen LogP contribution in [0.4, 0.5) is 0 Å². The fraction of sp³-hybridized carbons (Fsp3) is 0.900. The number of thioether (sulfide) groups is 1. The van der Waals surface area contributed by atoms with Gasteiger partial charge in [-0.15, -0.1) is 12.4 Å². The van der Waals surface area contributed by atoms with Gasteiger partial charge in [0.15, 0.2) is 0 Å². The van der Waals surface area contributed by atoms with Crippen molar-refractivity contribution in [3.63, 3.8) is 0 Å². The fourth-order valence-corrected chi connectivity index (χ4v) is 2.79. The molecule has 0 aromatic carbocycles. The van der Waals surface area contributed by atoms with Crippen molar-refractivity contribution < 1.29 is 9.90 Å². The molecule has 3 nitrogen and oxygen atoms in total. The Labute approximate surface area is 102 Å². The van der Waals surface area contributed by atoms with Gasteiger partial charge in [-0.3, -0.25) is 4.79 Å². The second-order valence-electron chi connectivity index (χ2n) is 3.83. The molecule has 1 heterocycles. The Morgan fingerprint density at radius 1 is 1.53 bits per heavy atom. The normalized spacial score (nSPS) is 22.1. The SMILES string of the molecule is CC1CN(CCCCC(=O)O)CCS1.Cl. The summed E-state index contributed by atoms with van der Waals surface area (Å²) in [7, 11) is 0. The first-order valence-electron chi connectivity index (χ1n) is 5.24. The molecular formula is C10H20ClNO2S. The van der Waals surface area contributed by atoms with Crippen molar-refractivity contribution in [3.05, 3.63) is 0 Å². The lowest BCUT2D eigenvalue weighted by Gasteiger charge is -2.30. The van der Waals surface area contributed by atoms with E-state index in [9.17, 15) is 4.79 Å². The smallest absolute Gasteiger partial charge is 0.303 e. The number of nitrogens with zero attached hydrogens (tertiary/aromatic N) is 1. The lowest BCUT2D eigenvalue weighted by atomic mass is 10.2. The van der Waals surface area contributed by atoms with Gasteiger partial charge in [-0.1, -0.05) is 6.92 Å². The summed E-state index contributed by atoms with van der Waals surface area (Å²) in [5, 5.41) is 9.21. The van der Waals surface area contributed by atoms with Gasteiger partial charge in [0.25, 0.3) is 0 Å². The van der Waals surface area contributed by atoms with Gasteiger partial charge in [0.05, 0.1) is 0 Å². The van der Waals surface area contributed by atoms with E-state index in [0.717, 1.165) is 31.2 Å². The molecular weight excluding hydrogens is 234 g/mol. The van der Waals surface area contributed by atoms with Gasteiger partial charge >= 0.3 is 5.97 Å². The molecule has 0 aromatic heterocycles. The largest absolute Gasteiger partial charge is 0.481 e. The lowest BCUT2D eigenvalue weighted by molar-refractivity contribution is -0.137. The Kier molecular flexibility index (Phi) is 8.29. The molecule has 1 rings (SSSR count). The molecule has 1 aliphatic rings. The van der Waals surface area contributed by atoms with Crippen molar-refractivity contribution in [2.75, 3.05) is 25.4 Å². The van der Waals surface area contributed by atoms with Crippen LogP contribution in [0.5, 0.6) is 0 Å². The van der Waals surface area contributed by atoms with E-state index in [0.29, 0.717) is 6.42 Å². The van der Waals surface area contributed by atoms with E-state index in [1.807, 2.05) is 11.8 Å². The van der Waals surface area contributed by atoms with Crippen molar-refractivity contribution in [2.24, 2.45) is 0 Å². The van der Waals surface area contributed by atoms with E-state index >= 15 is 0 Å². The Balaban J connectivity index is 0.00000196. The molecule has 90 valence electrons. The van der Waals surface area contributed by atoms with Crippen LogP contribution in [-0.2, 0) is 4.79 Å². The number of aliphatic carboxylic acids is 1. The summed E-state index contributed by atoms with van der Waals surface area (Å²) in [5.74, 6) is 0.549. The number of carbonyl (C=O) groups is 1. The number of halogens is 1. The first kappa shape index (κ1) is 15.1. The summed E-state index contributed by atoms with van der Waals surface area (Å²) in [6.45, 7) is 5.66. The van der Waals surface area contributed by atoms with Gasteiger partial charge in [0, 0.05) is 30.5 Å². The van der Waals surface area contributed by atoms with Crippen LogP contribution in [-0.4, -0.2) is 46.6 Å². The molecule has 1 atom stereocenters. The maximum absolute atomic E-state index is 10.3. The van der Waals surface area contributed by atoms with Crippen LogP contribution in [0.25, 0.3) is 0 Å². The van der Waals surface area contributed by atoms with E-state index in [1.165, 1.54) is 12.3 Å². The zero-order valence-corrected chi connectivity index (χ0v) is 10.8. The number of unbranched alkanes of at least 4 members (excludes halogenated alkanes) is 1. The highest BCUT2D eigenvalue weighted by Gasteiger charge is 2.15. The lowest BCUT2D eigenvalue weighted by Crippen LogP contribution is -2.37. The van der Waals surface area contributed by atoms with Crippen molar-refractivity contribution >= 4 is 30.1 Å². The highest BCUT2D eigenvalue weighted by Crippen LogP contribution is 2.17. The van der Waals surface area contributed by atoms with E-state index < -0.39 is 5.97 Å². The van der Waals surface area contributed by atoms with Crippen molar-refractivity contribution in [1.29, 1.82) is 0 Å². The molecule has 0 aliphatic carbocycles. The fourth-order valence-electron chi connectivity index (χ4n) is 1.71. The number of hydrogen-bond acceptors (Lipinski definition) is 3. The molecule has 0 bridgehead atoms. The molecule has 1 aliphatic heterocycles. The van der Waals surface area contributed by atoms with Crippen LogP contribution in [0.2, 0.25) is 0 Å². The molecule has 15 heavy (non-hydrogen) atoms. The number of carboxylic acid groups (broad SMARTS) is 1. The summed E-state index contributed by atoms with van der Waals surface area (Å²) in [5.41, 5.74) is 0. The van der Waals surface area contributed by atoms with Gasteiger partial charge in [-0.05, 0) is 19.4 Å². The third-order valence-corrected chi connectivity index (χ3v) is 3.58. The summed E-state index contributed by atoms with van der Waals surface area (Å²) in [6, 6.07) is 0. The minimum Gasteiger partial charge on any atom is -0.481 e. The first-order valence-corrected chi connectivity index (χ1v) is 6.29. The average molecular weight is 254 g/mol. The van der Waals surface area contributed by atoms with Gasteiger partial charge < -0.3 is 10.0 Å². The highest BCUT2D eigenvalue weighted by molar-refractivity contribution is 7.99.